The molecule has 0 amide bonds. The Labute approximate surface area is 124 Å². The van der Waals surface area contributed by atoms with Gasteiger partial charge >= 0.3 is 0 Å². The van der Waals surface area contributed by atoms with Crippen LogP contribution in [-0.4, -0.2) is 18.5 Å². The van der Waals surface area contributed by atoms with E-state index < -0.39 is 0 Å². The fraction of sp³-hybridized carbons (Fsp3) is 0.944. The molecule has 2 rings (SSSR count). The van der Waals surface area contributed by atoms with Gasteiger partial charge in [0.2, 0.25) is 0 Å². The Morgan fingerprint density at radius 1 is 1.25 bits per heavy atom. The Kier molecular flexibility index (Phi) is 4.63. The van der Waals surface area contributed by atoms with Gasteiger partial charge in [0.15, 0.2) is 5.78 Å². The molecule has 0 aromatic heterocycles. The second-order valence-corrected chi connectivity index (χ2v) is 7.88. The van der Waals surface area contributed by atoms with Crippen LogP contribution in [0.15, 0.2) is 0 Å². The number of Topliss-reactive ketones (excluding diaryl/α,β-unsaturated/α-hetero) is 1. The van der Waals surface area contributed by atoms with Gasteiger partial charge in [-0.25, -0.2) is 0 Å². The van der Waals surface area contributed by atoms with Crippen LogP contribution in [0.25, 0.3) is 0 Å². The van der Waals surface area contributed by atoms with Gasteiger partial charge in [0.25, 0.3) is 0 Å². The predicted molar refractivity (Wildman–Crippen MR) is 82.7 cm³/mol. The lowest BCUT2D eigenvalue weighted by Crippen LogP contribution is -2.45. The minimum absolute atomic E-state index is 0.195. The van der Waals surface area contributed by atoms with Gasteiger partial charge in [0, 0.05) is 5.92 Å². The molecule has 0 heterocycles. The summed E-state index contributed by atoms with van der Waals surface area (Å²) in [5.41, 5.74) is 0.480. The van der Waals surface area contributed by atoms with Gasteiger partial charge in [-0.15, -0.1) is 0 Å². The molecule has 2 heteroatoms. The Bertz CT molecular complexity index is 356. The maximum atomic E-state index is 12.1. The fourth-order valence-electron chi connectivity index (χ4n) is 4.12. The molecule has 0 aromatic rings. The van der Waals surface area contributed by atoms with E-state index in [0.717, 1.165) is 25.2 Å². The molecule has 3 unspecified atom stereocenters. The maximum Gasteiger partial charge on any atom is 0.161 e. The quantitative estimate of drug-likeness (QED) is 0.710. The molecule has 0 radical (unpaired) electrons. The van der Waals surface area contributed by atoms with Gasteiger partial charge in [-0.05, 0) is 48.9 Å². The van der Waals surface area contributed by atoms with E-state index in [1.807, 2.05) is 0 Å². The molecule has 0 aromatic carbocycles. The summed E-state index contributed by atoms with van der Waals surface area (Å²) in [4.78, 5) is 12.1. The summed E-state index contributed by atoms with van der Waals surface area (Å²) in [7, 11) is 0. The van der Waals surface area contributed by atoms with E-state index in [9.17, 15) is 4.79 Å². The molecule has 2 fully saturated rings. The van der Waals surface area contributed by atoms with Crippen molar-refractivity contribution in [2.45, 2.75) is 79.2 Å². The van der Waals surface area contributed by atoms with E-state index in [1.165, 1.54) is 19.3 Å². The van der Waals surface area contributed by atoms with Crippen LogP contribution in [-0.2, 0) is 9.53 Å². The molecule has 2 saturated carbocycles. The Balaban J connectivity index is 1.98. The van der Waals surface area contributed by atoms with Gasteiger partial charge in [0.1, 0.15) is 6.61 Å². The number of carbonyl (C=O) groups excluding carboxylic acids is 1. The minimum atomic E-state index is 0.195. The highest BCUT2D eigenvalue weighted by Crippen LogP contribution is 2.58. The lowest BCUT2D eigenvalue weighted by Gasteiger charge is -2.46. The molecule has 2 aliphatic rings. The first-order valence-corrected chi connectivity index (χ1v) is 8.47. The van der Waals surface area contributed by atoms with E-state index in [0.29, 0.717) is 18.3 Å². The zero-order chi connectivity index (χ0) is 15.0. The molecule has 0 aliphatic heterocycles. The minimum Gasteiger partial charge on any atom is -0.370 e. The Hall–Kier alpha value is -0.370. The molecule has 2 nitrogen and oxygen atoms in total. The van der Waals surface area contributed by atoms with Crippen molar-refractivity contribution in [3.05, 3.63) is 0 Å². The topological polar surface area (TPSA) is 26.3 Å². The molecular formula is C18H32O2. The van der Waals surface area contributed by atoms with E-state index in [2.05, 4.69) is 34.6 Å². The summed E-state index contributed by atoms with van der Waals surface area (Å²) in [5.74, 6) is 1.37. The highest BCUT2D eigenvalue weighted by molar-refractivity contribution is 5.82. The van der Waals surface area contributed by atoms with Crippen molar-refractivity contribution in [3.8, 4) is 0 Å². The van der Waals surface area contributed by atoms with Crippen molar-refractivity contribution in [3.63, 3.8) is 0 Å². The summed E-state index contributed by atoms with van der Waals surface area (Å²) < 4.78 is 6.13. The molecule has 3 atom stereocenters. The summed E-state index contributed by atoms with van der Waals surface area (Å²) in [6.07, 6.45) is 7.10. The van der Waals surface area contributed by atoms with E-state index in [4.69, 9.17) is 4.74 Å². The average molecular weight is 280 g/mol. The SMILES string of the molecule is CCC(OCC(=O)C1CCC1)C1(C)CCC(C)C1(C)C. The van der Waals surface area contributed by atoms with Gasteiger partial charge in [0.05, 0.1) is 6.10 Å². The smallest absolute Gasteiger partial charge is 0.161 e. The van der Waals surface area contributed by atoms with Gasteiger partial charge in [-0.3, -0.25) is 4.79 Å². The number of ketones is 1. The van der Waals surface area contributed by atoms with E-state index in [-0.39, 0.29) is 16.9 Å². The van der Waals surface area contributed by atoms with Crippen molar-refractivity contribution in [1.82, 2.24) is 0 Å². The van der Waals surface area contributed by atoms with E-state index >= 15 is 0 Å². The van der Waals surface area contributed by atoms with Crippen molar-refractivity contribution in [2.24, 2.45) is 22.7 Å². The lowest BCUT2D eigenvalue weighted by molar-refractivity contribution is -0.139. The first kappa shape index (κ1) is 16.0. The van der Waals surface area contributed by atoms with Crippen LogP contribution in [0.4, 0.5) is 0 Å². The summed E-state index contributed by atoms with van der Waals surface area (Å²) in [6, 6.07) is 0. The summed E-state index contributed by atoms with van der Waals surface area (Å²) in [6.45, 7) is 12.0. The van der Waals surface area contributed by atoms with Crippen LogP contribution in [0.1, 0.15) is 73.1 Å². The Morgan fingerprint density at radius 3 is 2.30 bits per heavy atom. The highest BCUT2D eigenvalue weighted by atomic mass is 16.5. The van der Waals surface area contributed by atoms with Gasteiger partial charge < -0.3 is 4.74 Å². The number of carbonyl (C=O) groups is 1. The van der Waals surface area contributed by atoms with Crippen LogP contribution in [0, 0.1) is 22.7 Å². The zero-order valence-electron chi connectivity index (χ0n) is 14.0. The second-order valence-electron chi connectivity index (χ2n) is 7.88. The highest BCUT2D eigenvalue weighted by Gasteiger charge is 2.53. The monoisotopic (exact) mass is 280 g/mol. The standard InChI is InChI=1S/C18H32O2/c1-6-16(20-12-15(19)14-8-7-9-14)18(5)11-10-13(2)17(18,3)4/h13-14,16H,6-12H2,1-5H3. The summed E-state index contributed by atoms with van der Waals surface area (Å²) in [5, 5.41) is 0. The zero-order valence-corrected chi connectivity index (χ0v) is 14.0. The average Bonchev–Trinajstić information content (AvgIpc) is 2.52. The van der Waals surface area contributed by atoms with Crippen molar-refractivity contribution in [1.29, 1.82) is 0 Å². The molecule has 0 N–H and O–H groups in total. The number of ether oxygens (including phenoxy) is 1. The largest absolute Gasteiger partial charge is 0.370 e. The van der Waals surface area contributed by atoms with Crippen molar-refractivity contribution < 1.29 is 9.53 Å². The number of hydrogen-bond acceptors (Lipinski definition) is 2. The molecule has 0 bridgehead atoms. The lowest BCUT2D eigenvalue weighted by atomic mass is 9.62. The van der Waals surface area contributed by atoms with Crippen molar-refractivity contribution >= 4 is 5.78 Å². The number of hydrogen-bond donors (Lipinski definition) is 0. The maximum absolute atomic E-state index is 12.1. The van der Waals surface area contributed by atoms with Crippen LogP contribution in [0.5, 0.6) is 0 Å². The third-order valence-corrected chi connectivity index (χ3v) is 6.87. The van der Waals surface area contributed by atoms with E-state index in [1.54, 1.807) is 0 Å². The van der Waals surface area contributed by atoms with Crippen molar-refractivity contribution in [2.75, 3.05) is 6.61 Å². The van der Waals surface area contributed by atoms with Crippen LogP contribution < -0.4 is 0 Å². The second kappa shape index (κ2) is 5.79. The fourth-order valence-corrected chi connectivity index (χ4v) is 4.12. The predicted octanol–water partition coefficient (Wildman–Crippen LogP) is 4.61. The molecule has 0 saturated heterocycles. The molecular weight excluding hydrogens is 248 g/mol. The molecule has 116 valence electrons. The van der Waals surface area contributed by atoms with Crippen LogP contribution in [0.2, 0.25) is 0 Å². The van der Waals surface area contributed by atoms with Gasteiger partial charge in [-0.1, -0.05) is 41.0 Å². The normalized spacial score (nSPS) is 34.8. The molecule has 0 spiro atoms. The summed E-state index contributed by atoms with van der Waals surface area (Å²) >= 11 is 0. The molecule has 20 heavy (non-hydrogen) atoms. The Morgan fingerprint density at radius 2 is 1.90 bits per heavy atom. The van der Waals surface area contributed by atoms with Gasteiger partial charge in [-0.2, -0.15) is 0 Å². The van der Waals surface area contributed by atoms with Crippen LogP contribution in [0.3, 0.4) is 0 Å². The molecule has 2 aliphatic carbocycles. The first-order valence-electron chi connectivity index (χ1n) is 8.47. The first-order chi connectivity index (χ1) is 9.33. The number of rotatable bonds is 6. The third-order valence-electron chi connectivity index (χ3n) is 6.87. The van der Waals surface area contributed by atoms with Crippen LogP contribution >= 0.6 is 0 Å². The third kappa shape index (κ3) is 2.56.